The highest BCUT2D eigenvalue weighted by molar-refractivity contribution is 6.79. The van der Waals surface area contributed by atoms with Crippen LogP contribution < -0.4 is 15.0 Å². The van der Waals surface area contributed by atoms with Crippen molar-refractivity contribution in [2.75, 3.05) is 24.0 Å². The molecule has 6 rings (SSSR count). The zero-order valence-corrected chi connectivity index (χ0v) is 27.2. The van der Waals surface area contributed by atoms with E-state index in [0.29, 0.717) is 0 Å². The van der Waals surface area contributed by atoms with E-state index in [1.165, 1.54) is 11.1 Å². The summed E-state index contributed by atoms with van der Waals surface area (Å²) in [7, 11) is 1.03. The first-order chi connectivity index (χ1) is 22.0. The molecule has 0 atom stereocenters. The molecule has 0 bridgehead atoms. The van der Waals surface area contributed by atoms with Crippen molar-refractivity contribution in [3.8, 4) is 11.1 Å². The summed E-state index contributed by atoms with van der Waals surface area (Å²) in [6, 6.07) is 55.8. The molecule has 0 aliphatic heterocycles. The molecule has 0 aliphatic rings. The normalized spacial score (nSPS) is 11.3. The largest absolute Gasteiger partial charge is 0.394 e. The van der Waals surface area contributed by atoms with Crippen LogP contribution in [0.2, 0.25) is 6.55 Å². The Hall–Kier alpha value is -4.94. The third kappa shape index (κ3) is 6.47. The van der Waals surface area contributed by atoms with Crippen LogP contribution in [-0.4, -0.2) is 22.8 Å². The second kappa shape index (κ2) is 13.4. The van der Waals surface area contributed by atoms with Crippen molar-refractivity contribution in [1.29, 1.82) is 0 Å². The van der Waals surface area contributed by atoms with Gasteiger partial charge in [0.25, 0.3) is 0 Å². The maximum atomic E-state index is 5.78. The Morgan fingerprint density at radius 2 is 0.711 bits per heavy atom. The summed E-state index contributed by atoms with van der Waals surface area (Å²) in [4.78, 5) is 4.56. The van der Waals surface area contributed by atoms with Crippen molar-refractivity contribution in [3.63, 3.8) is 0 Å². The molecule has 0 aliphatic carbocycles. The highest BCUT2D eigenvalue weighted by Crippen LogP contribution is 2.37. The van der Waals surface area contributed by atoms with Gasteiger partial charge in [0.05, 0.1) is 0 Å². The molecule has 6 aromatic carbocycles. The van der Waals surface area contributed by atoms with Crippen molar-refractivity contribution >= 4 is 47.9 Å². The number of rotatable bonds is 10. The van der Waals surface area contributed by atoms with Crippen LogP contribution in [0.5, 0.6) is 0 Å². The topological polar surface area (TPSA) is 24.9 Å². The molecule has 0 radical (unpaired) electrons. The highest BCUT2D eigenvalue weighted by Gasteiger charge is 2.31. The molecule has 0 aromatic heterocycles. The molecule has 0 saturated heterocycles. The van der Waals surface area contributed by atoms with Crippen LogP contribution in [0.25, 0.3) is 11.1 Å². The summed E-state index contributed by atoms with van der Waals surface area (Å²) in [5, 5.41) is 1.09. The Morgan fingerprint density at radius 1 is 0.400 bits per heavy atom. The van der Waals surface area contributed by atoms with E-state index in [1.54, 1.807) is 14.2 Å². The van der Waals surface area contributed by atoms with E-state index in [0.717, 1.165) is 44.9 Å². The summed E-state index contributed by atoms with van der Waals surface area (Å²) in [6.07, 6.45) is 0. The van der Waals surface area contributed by atoms with E-state index in [-0.39, 0.29) is 0 Å². The Labute approximate surface area is 268 Å². The van der Waals surface area contributed by atoms with Crippen LogP contribution >= 0.6 is 0 Å². The SMILES string of the molecule is CO[Si](C)(OC)c1ccc(N(c2ccc(C)cc2)c2ccc(-c3ccc(N(c4ccccc4)c4ccccc4)cc3)cc2)cc1. The van der Waals surface area contributed by atoms with Gasteiger partial charge in [0.15, 0.2) is 0 Å². The molecule has 0 fully saturated rings. The number of benzene rings is 6. The minimum Gasteiger partial charge on any atom is -0.394 e. The lowest BCUT2D eigenvalue weighted by Crippen LogP contribution is -2.49. The molecule has 224 valence electrons. The number of hydrogen-bond donors (Lipinski definition) is 0. The fraction of sp³-hybridized carbons (Fsp3) is 0.100. The molecule has 0 heterocycles. The van der Waals surface area contributed by atoms with E-state index in [2.05, 4.69) is 169 Å². The van der Waals surface area contributed by atoms with E-state index < -0.39 is 8.56 Å². The van der Waals surface area contributed by atoms with Gasteiger partial charge in [-0.25, -0.2) is 0 Å². The lowest BCUT2D eigenvalue weighted by Gasteiger charge is -2.27. The third-order valence-corrected chi connectivity index (χ3v) is 11.3. The summed E-state index contributed by atoms with van der Waals surface area (Å²) >= 11 is 0. The van der Waals surface area contributed by atoms with Crippen LogP contribution in [0.4, 0.5) is 34.1 Å². The molecule has 4 nitrogen and oxygen atoms in total. The van der Waals surface area contributed by atoms with Crippen LogP contribution in [-0.2, 0) is 8.85 Å². The summed E-state index contributed by atoms with van der Waals surface area (Å²) in [5.74, 6) is 0. The molecular weight excluding hydrogens is 569 g/mol. The monoisotopic (exact) mass is 606 g/mol. The van der Waals surface area contributed by atoms with Crippen LogP contribution in [0.3, 0.4) is 0 Å². The minimum atomic E-state index is -2.41. The average Bonchev–Trinajstić information content (AvgIpc) is 3.11. The standard InChI is InChI=1S/C40H38N2O2Si/c1-31-15-21-36(22-16-31)42(39-27-29-40(30-28-39)45(4,43-2)44-3)38-25-19-33(20-26-38)32-17-23-37(24-18-32)41(34-11-7-5-8-12-34)35-13-9-6-10-14-35/h5-30H,1-4H3. The average molecular weight is 607 g/mol. The summed E-state index contributed by atoms with van der Waals surface area (Å²) in [6.45, 7) is 4.18. The fourth-order valence-corrected chi connectivity index (χ4v) is 6.99. The molecule has 0 spiro atoms. The van der Waals surface area contributed by atoms with Gasteiger partial charge in [-0.15, -0.1) is 0 Å². The molecule has 0 unspecified atom stereocenters. The summed E-state index contributed by atoms with van der Waals surface area (Å²) < 4.78 is 11.6. The second-order valence-electron chi connectivity index (χ2n) is 11.2. The number of aryl methyl sites for hydroxylation is 1. The van der Waals surface area contributed by atoms with Crippen LogP contribution in [0, 0.1) is 6.92 Å². The number of hydrogen-bond acceptors (Lipinski definition) is 4. The zero-order chi connectivity index (χ0) is 31.2. The molecule has 0 N–H and O–H groups in total. The minimum absolute atomic E-state index is 1.07. The van der Waals surface area contributed by atoms with Gasteiger partial charge in [-0.2, -0.15) is 0 Å². The number of para-hydroxylation sites is 2. The van der Waals surface area contributed by atoms with Crippen molar-refractivity contribution in [2.24, 2.45) is 0 Å². The molecule has 0 saturated carbocycles. The van der Waals surface area contributed by atoms with Gasteiger partial charge in [0.1, 0.15) is 0 Å². The smallest absolute Gasteiger partial charge is 0.368 e. The van der Waals surface area contributed by atoms with Crippen LogP contribution in [0.1, 0.15) is 5.56 Å². The Morgan fingerprint density at radius 3 is 1.07 bits per heavy atom. The first kappa shape index (κ1) is 30.1. The molecule has 5 heteroatoms. The van der Waals surface area contributed by atoms with Gasteiger partial charge in [-0.3, -0.25) is 0 Å². The third-order valence-electron chi connectivity index (χ3n) is 8.33. The molecule has 0 amide bonds. The molecule has 6 aromatic rings. The van der Waals surface area contributed by atoms with Gasteiger partial charge in [0, 0.05) is 48.3 Å². The summed E-state index contributed by atoms with van der Waals surface area (Å²) in [5.41, 5.74) is 10.2. The zero-order valence-electron chi connectivity index (χ0n) is 26.2. The maximum Gasteiger partial charge on any atom is 0.368 e. The van der Waals surface area contributed by atoms with Gasteiger partial charge < -0.3 is 18.7 Å². The van der Waals surface area contributed by atoms with Gasteiger partial charge in [-0.05, 0) is 103 Å². The Balaban J connectivity index is 1.31. The van der Waals surface area contributed by atoms with Crippen LogP contribution in [0.15, 0.2) is 158 Å². The highest BCUT2D eigenvalue weighted by atomic mass is 28.4. The number of nitrogens with zero attached hydrogens (tertiary/aromatic N) is 2. The Bertz CT molecular complexity index is 1760. The van der Waals surface area contributed by atoms with Gasteiger partial charge >= 0.3 is 8.56 Å². The van der Waals surface area contributed by atoms with E-state index >= 15 is 0 Å². The predicted octanol–water partition coefficient (Wildman–Crippen LogP) is 10.2. The maximum absolute atomic E-state index is 5.78. The molecular formula is C40H38N2O2Si. The lowest BCUT2D eigenvalue weighted by molar-refractivity contribution is 0.265. The first-order valence-electron chi connectivity index (χ1n) is 15.2. The quantitative estimate of drug-likeness (QED) is 0.145. The molecule has 45 heavy (non-hydrogen) atoms. The first-order valence-corrected chi connectivity index (χ1v) is 17.5. The van der Waals surface area contributed by atoms with Gasteiger partial charge in [0.2, 0.25) is 0 Å². The predicted molar refractivity (Wildman–Crippen MR) is 191 cm³/mol. The lowest BCUT2D eigenvalue weighted by atomic mass is 10.0. The fourth-order valence-electron chi connectivity index (χ4n) is 5.58. The Kier molecular flexibility index (Phi) is 8.94. The van der Waals surface area contributed by atoms with Gasteiger partial charge in [-0.1, -0.05) is 90.5 Å². The number of anilines is 6. The van der Waals surface area contributed by atoms with E-state index in [1.807, 2.05) is 12.1 Å². The van der Waals surface area contributed by atoms with Crippen molar-refractivity contribution in [1.82, 2.24) is 0 Å². The van der Waals surface area contributed by atoms with Crippen molar-refractivity contribution < 1.29 is 8.85 Å². The van der Waals surface area contributed by atoms with E-state index in [4.69, 9.17) is 8.85 Å². The van der Waals surface area contributed by atoms with E-state index in [9.17, 15) is 0 Å². The second-order valence-corrected chi connectivity index (χ2v) is 14.5. The van der Waals surface area contributed by atoms with Crippen molar-refractivity contribution in [3.05, 3.63) is 163 Å². The van der Waals surface area contributed by atoms with Crippen molar-refractivity contribution in [2.45, 2.75) is 13.5 Å².